The van der Waals surface area contributed by atoms with Gasteiger partial charge in [-0.15, -0.1) is 0 Å². The molecule has 1 heteroatoms. The zero-order valence-electron chi connectivity index (χ0n) is 5.23. The molecule has 48 valence electrons. The Balaban J connectivity index is 4.24. The van der Waals surface area contributed by atoms with Gasteiger partial charge >= 0.3 is 0 Å². The van der Waals surface area contributed by atoms with Crippen LogP contribution in [-0.4, -0.2) is 0 Å². The Hall–Kier alpha value is -0.750. The summed E-state index contributed by atoms with van der Waals surface area (Å²) in [4.78, 5) is 0. The van der Waals surface area contributed by atoms with Gasteiger partial charge in [-0.1, -0.05) is 43.5 Å². The molecule has 0 atom stereocenters. The number of hydrogen-bond acceptors (Lipinski definition) is 0. The van der Waals surface area contributed by atoms with Crippen LogP contribution in [0.2, 0.25) is 0 Å². The monoisotopic (exact) mass is 140 g/mol. The Kier molecular flexibility index (Phi) is 3.81. The molecular weight excluding hydrogens is 132 g/mol. The van der Waals surface area contributed by atoms with Gasteiger partial charge in [0.2, 0.25) is 0 Å². The minimum atomic E-state index is 0.491. The maximum atomic E-state index is 5.46. The van der Waals surface area contributed by atoms with Gasteiger partial charge in [-0.2, -0.15) is 0 Å². The highest BCUT2D eigenvalue weighted by Crippen LogP contribution is 2.05. The average Bonchev–Trinajstić information content (AvgIpc) is 1.82. The fraction of sp³-hybridized carbons (Fsp3) is 0. The SMILES string of the molecule is C=CC(C=C)=CC(=C)Cl. The molecule has 0 spiro atoms. The first kappa shape index (κ1) is 8.25. The van der Waals surface area contributed by atoms with Crippen LogP contribution in [0.1, 0.15) is 0 Å². The predicted octanol–water partition coefficient (Wildman–Crippen LogP) is 3.04. The van der Waals surface area contributed by atoms with Crippen molar-refractivity contribution in [2.75, 3.05) is 0 Å². The van der Waals surface area contributed by atoms with E-state index in [0.717, 1.165) is 5.57 Å². The van der Waals surface area contributed by atoms with Crippen LogP contribution in [0.3, 0.4) is 0 Å². The van der Waals surface area contributed by atoms with Crippen molar-refractivity contribution in [1.82, 2.24) is 0 Å². The fourth-order valence-electron chi connectivity index (χ4n) is 0.382. The van der Waals surface area contributed by atoms with Gasteiger partial charge in [0.15, 0.2) is 0 Å². The summed E-state index contributed by atoms with van der Waals surface area (Å²) < 4.78 is 0. The highest BCUT2D eigenvalue weighted by molar-refractivity contribution is 6.30. The lowest BCUT2D eigenvalue weighted by Crippen LogP contribution is -1.67. The molecule has 0 aromatic heterocycles. The van der Waals surface area contributed by atoms with E-state index in [4.69, 9.17) is 11.6 Å². The second-order valence-corrected chi connectivity index (χ2v) is 1.98. The van der Waals surface area contributed by atoms with Gasteiger partial charge in [-0.05, 0) is 11.6 Å². The van der Waals surface area contributed by atoms with E-state index >= 15 is 0 Å². The zero-order valence-corrected chi connectivity index (χ0v) is 5.99. The van der Waals surface area contributed by atoms with E-state index in [9.17, 15) is 0 Å². The zero-order chi connectivity index (χ0) is 7.28. The van der Waals surface area contributed by atoms with E-state index < -0.39 is 0 Å². The maximum Gasteiger partial charge on any atom is 0.0340 e. The number of hydrogen-bond donors (Lipinski definition) is 0. The van der Waals surface area contributed by atoms with Crippen LogP contribution >= 0.6 is 11.6 Å². The van der Waals surface area contributed by atoms with Crippen molar-refractivity contribution in [2.24, 2.45) is 0 Å². The molecule has 0 radical (unpaired) electrons. The number of allylic oxidation sites excluding steroid dienone is 5. The van der Waals surface area contributed by atoms with Crippen LogP contribution in [0.5, 0.6) is 0 Å². The minimum Gasteiger partial charge on any atom is -0.0985 e. The minimum absolute atomic E-state index is 0.491. The second-order valence-electron chi connectivity index (χ2n) is 1.50. The molecule has 0 aromatic rings. The molecule has 0 amide bonds. The number of rotatable bonds is 3. The molecule has 0 aromatic carbocycles. The predicted molar refractivity (Wildman–Crippen MR) is 43.5 cm³/mol. The Morgan fingerprint density at radius 2 is 1.67 bits per heavy atom. The summed E-state index contributed by atoms with van der Waals surface area (Å²) in [6.07, 6.45) is 5.03. The van der Waals surface area contributed by atoms with Crippen molar-refractivity contribution in [2.45, 2.75) is 0 Å². The molecule has 0 unspecified atom stereocenters. The third kappa shape index (κ3) is 3.80. The van der Waals surface area contributed by atoms with Gasteiger partial charge in [0.1, 0.15) is 0 Å². The Morgan fingerprint density at radius 3 is 1.78 bits per heavy atom. The van der Waals surface area contributed by atoms with Crippen LogP contribution in [0.25, 0.3) is 0 Å². The molecule has 0 fully saturated rings. The summed E-state index contributed by atoms with van der Waals surface area (Å²) in [5.41, 5.74) is 0.884. The summed E-state index contributed by atoms with van der Waals surface area (Å²) >= 11 is 5.46. The third-order valence-electron chi connectivity index (χ3n) is 0.795. The summed E-state index contributed by atoms with van der Waals surface area (Å²) in [5.74, 6) is 0. The van der Waals surface area contributed by atoms with E-state index in [2.05, 4.69) is 19.7 Å². The molecule has 9 heavy (non-hydrogen) atoms. The van der Waals surface area contributed by atoms with E-state index in [0.29, 0.717) is 5.03 Å². The van der Waals surface area contributed by atoms with Crippen molar-refractivity contribution < 1.29 is 0 Å². The topological polar surface area (TPSA) is 0 Å². The molecule has 0 aliphatic carbocycles. The maximum absolute atomic E-state index is 5.46. The van der Waals surface area contributed by atoms with Crippen molar-refractivity contribution >= 4 is 11.6 Å². The van der Waals surface area contributed by atoms with Gasteiger partial charge in [0.05, 0.1) is 0 Å². The van der Waals surface area contributed by atoms with Gasteiger partial charge in [-0.3, -0.25) is 0 Å². The smallest absolute Gasteiger partial charge is 0.0340 e. The largest absolute Gasteiger partial charge is 0.0985 e. The Labute approximate surface area is 60.8 Å². The first-order valence-electron chi connectivity index (χ1n) is 2.51. The number of halogens is 1. The van der Waals surface area contributed by atoms with Crippen molar-refractivity contribution in [3.8, 4) is 0 Å². The molecule has 0 aliphatic heterocycles. The summed E-state index contributed by atoms with van der Waals surface area (Å²) in [5, 5.41) is 0.491. The van der Waals surface area contributed by atoms with Crippen molar-refractivity contribution in [1.29, 1.82) is 0 Å². The molecule has 0 heterocycles. The molecular formula is C8H9Cl. The van der Waals surface area contributed by atoms with E-state index in [-0.39, 0.29) is 0 Å². The Bertz CT molecular complexity index is 153. The van der Waals surface area contributed by atoms with Gasteiger partial charge < -0.3 is 0 Å². The van der Waals surface area contributed by atoms with Gasteiger partial charge in [0.25, 0.3) is 0 Å². The molecule has 0 saturated carbocycles. The molecule has 0 N–H and O–H groups in total. The molecule has 0 rings (SSSR count). The first-order chi connectivity index (χ1) is 4.20. The standard InChI is InChI=1S/C8H9Cl/c1-4-8(5-2)6-7(3)9/h4-6H,1-3H2. The highest BCUT2D eigenvalue weighted by Gasteiger charge is 1.82. The lowest BCUT2D eigenvalue weighted by Gasteiger charge is -1.88. The first-order valence-corrected chi connectivity index (χ1v) is 2.89. The lowest BCUT2D eigenvalue weighted by molar-refractivity contribution is 1.71. The molecule has 0 bridgehead atoms. The quantitative estimate of drug-likeness (QED) is 0.529. The molecule has 0 aliphatic rings. The van der Waals surface area contributed by atoms with Crippen LogP contribution in [-0.2, 0) is 0 Å². The summed E-state index contributed by atoms with van der Waals surface area (Å²) in [7, 11) is 0. The summed E-state index contributed by atoms with van der Waals surface area (Å²) in [6.45, 7) is 10.6. The second kappa shape index (κ2) is 4.16. The third-order valence-corrected chi connectivity index (χ3v) is 0.904. The van der Waals surface area contributed by atoms with E-state index in [1.807, 2.05) is 0 Å². The van der Waals surface area contributed by atoms with E-state index in [1.165, 1.54) is 0 Å². The van der Waals surface area contributed by atoms with Crippen LogP contribution in [0.15, 0.2) is 48.6 Å². The fourth-order valence-corrected chi connectivity index (χ4v) is 0.508. The van der Waals surface area contributed by atoms with Crippen molar-refractivity contribution in [3.63, 3.8) is 0 Å². The highest BCUT2D eigenvalue weighted by atomic mass is 35.5. The van der Waals surface area contributed by atoms with E-state index in [1.54, 1.807) is 18.2 Å². The molecule has 0 saturated heterocycles. The lowest BCUT2D eigenvalue weighted by atomic mass is 10.2. The van der Waals surface area contributed by atoms with Crippen molar-refractivity contribution in [3.05, 3.63) is 48.6 Å². The molecule has 0 nitrogen and oxygen atoms in total. The van der Waals surface area contributed by atoms with Gasteiger partial charge in [-0.25, -0.2) is 0 Å². The van der Waals surface area contributed by atoms with Crippen LogP contribution < -0.4 is 0 Å². The van der Waals surface area contributed by atoms with Crippen LogP contribution in [0.4, 0.5) is 0 Å². The summed E-state index contributed by atoms with van der Waals surface area (Å²) in [6, 6.07) is 0. The normalized spacial score (nSPS) is 7.67. The van der Waals surface area contributed by atoms with Crippen LogP contribution in [0, 0.1) is 0 Å². The Morgan fingerprint density at radius 1 is 1.22 bits per heavy atom. The average molecular weight is 141 g/mol. The van der Waals surface area contributed by atoms with Gasteiger partial charge in [0, 0.05) is 5.03 Å².